The number of ether oxygens (including phenoxy) is 2. The molecule has 0 aliphatic carbocycles. The van der Waals surface area contributed by atoms with Crippen molar-refractivity contribution in [3.05, 3.63) is 0 Å². The molecule has 7 nitrogen and oxygen atoms in total. The number of nitrogens with zero attached hydrogens (tertiary/aromatic N) is 1. The second-order valence-corrected chi connectivity index (χ2v) is 4.36. The first-order valence-corrected chi connectivity index (χ1v) is 6.93. The monoisotopic (exact) mass is 290 g/mol. The molecule has 0 heterocycles. The molecule has 0 aliphatic heterocycles. The van der Waals surface area contributed by atoms with Gasteiger partial charge in [0.05, 0.1) is 6.61 Å². The predicted molar refractivity (Wildman–Crippen MR) is 74.8 cm³/mol. The fourth-order valence-electron chi connectivity index (χ4n) is 1.45. The third-order valence-electron chi connectivity index (χ3n) is 2.56. The van der Waals surface area contributed by atoms with Gasteiger partial charge < -0.3 is 24.8 Å². The highest BCUT2D eigenvalue weighted by Gasteiger charge is 2.15. The van der Waals surface area contributed by atoms with Crippen LogP contribution in [-0.4, -0.2) is 68.6 Å². The second kappa shape index (κ2) is 12.7. The highest BCUT2D eigenvalue weighted by molar-refractivity contribution is 5.80. The first-order valence-electron chi connectivity index (χ1n) is 6.93. The van der Waals surface area contributed by atoms with Crippen LogP contribution in [0.15, 0.2) is 0 Å². The van der Waals surface area contributed by atoms with Gasteiger partial charge >= 0.3 is 12.0 Å². The summed E-state index contributed by atoms with van der Waals surface area (Å²) >= 11 is 0. The van der Waals surface area contributed by atoms with E-state index in [0.29, 0.717) is 26.2 Å². The molecular weight excluding hydrogens is 264 g/mol. The Labute approximate surface area is 120 Å². The standard InChI is InChI=1S/C13H26N2O5/c1-3-4-8-20-9-5-6-14-13(18)15(7-10-19-2)11-12(16)17/h3-11H2,1-2H3,(H,14,18)(H,16,17). The highest BCUT2D eigenvalue weighted by Crippen LogP contribution is 1.92. The lowest BCUT2D eigenvalue weighted by molar-refractivity contribution is -0.137. The lowest BCUT2D eigenvalue weighted by atomic mass is 10.4. The van der Waals surface area contributed by atoms with Crippen LogP contribution in [-0.2, 0) is 14.3 Å². The Morgan fingerprint density at radius 1 is 1.20 bits per heavy atom. The Morgan fingerprint density at radius 2 is 1.90 bits per heavy atom. The minimum absolute atomic E-state index is 0.252. The Bertz CT molecular complexity index is 273. The van der Waals surface area contributed by atoms with Gasteiger partial charge in [0.15, 0.2) is 0 Å². The maximum atomic E-state index is 11.8. The molecule has 0 atom stereocenters. The van der Waals surface area contributed by atoms with E-state index < -0.39 is 12.0 Å². The van der Waals surface area contributed by atoms with Crippen molar-refractivity contribution in [3.63, 3.8) is 0 Å². The van der Waals surface area contributed by atoms with Crippen LogP contribution in [0.25, 0.3) is 0 Å². The molecule has 118 valence electrons. The number of methoxy groups -OCH3 is 1. The molecule has 0 unspecified atom stereocenters. The van der Waals surface area contributed by atoms with E-state index in [1.807, 2.05) is 0 Å². The first-order chi connectivity index (χ1) is 9.61. The molecule has 2 N–H and O–H groups in total. The zero-order valence-electron chi connectivity index (χ0n) is 12.4. The van der Waals surface area contributed by atoms with E-state index in [2.05, 4.69) is 12.2 Å². The summed E-state index contributed by atoms with van der Waals surface area (Å²) < 4.78 is 10.2. The van der Waals surface area contributed by atoms with Crippen molar-refractivity contribution in [2.45, 2.75) is 26.2 Å². The third kappa shape index (κ3) is 10.6. The SMILES string of the molecule is CCCCOCCCNC(=O)N(CCOC)CC(=O)O. The number of urea groups is 1. The van der Waals surface area contributed by atoms with Crippen molar-refractivity contribution in [2.75, 3.05) is 46.6 Å². The molecule has 0 spiro atoms. The van der Waals surface area contributed by atoms with Gasteiger partial charge in [-0.15, -0.1) is 0 Å². The van der Waals surface area contributed by atoms with E-state index in [1.54, 1.807) is 0 Å². The summed E-state index contributed by atoms with van der Waals surface area (Å²) in [5.41, 5.74) is 0. The van der Waals surface area contributed by atoms with Crippen molar-refractivity contribution in [3.8, 4) is 0 Å². The number of hydrogen-bond donors (Lipinski definition) is 2. The van der Waals surface area contributed by atoms with Crippen LogP contribution in [0.3, 0.4) is 0 Å². The molecule has 0 bridgehead atoms. The molecular formula is C13H26N2O5. The molecule has 0 aromatic heterocycles. The smallest absolute Gasteiger partial charge is 0.323 e. The van der Waals surface area contributed by atoms with Gasteiger partial charge in [-0.1, -0.05) is 13.3 Å². The summed E-state index contributed by atoms with van der Waals surface area (Å²) in [4.78, 5) is 23.7. The van der Waals surface area contributed by atoms with E-state index in [4.69, 9.17) is 14.6 Å². The van der Waals surface area contributed by atoms with Crippen LogP contribution < -0.4 is 5.32 Å². The molecule has 0 aromatic rings. The average Bonchev–Trinajstić information content (AvgIpc) is 2.41. The number of unbranched alkanes of at least 4 members (excludes halogenated alkanes) is 1. The third-order valence-corrected chi connectivity index (χ3v) is 2.56. The lowest BCUT2D eigenvalue weighted by Crippen LogP contribution is -2.44. The largest absolute Gasteiger partial charge is 0.480 e. The van der Waals surface area contributed by atoms with Gasteiger partial charge in [-0.05, 0) is 12.8 Å². The minimum Gasteiger partial charge on any atom is -0.480 e. The number of carbonyl (C=O) groups excluding carboxylic acids is 1. The fraction of sp³-hybridized carbons (Fsp3) is 0.846. The Balaban J connectivity index is 3.79. The normalized spacial score (nSPS) is 10.3. The maximum Gasteiger partial charge on any atom is 0.323 e. The maximum absolute atomic E-state index is 11.8. The van der Waals surface area contributed by atoms with E-state index >= 15 is 0 Å². The van der Waals surface area contributed by atoms with Gasteiger partial charge in [0.2, 0.25) is 0 Å². The van der Waals surface area contributed by atoms with Crippen molar-refractivity contribution in [1.82, 2.24) is 10.2 Å². The zero-order valence-corrected chi connectivity index (χ0v) is 12.4. The number of carboxylic acids is 1. The number of rotatable bonds is 12. The van der Waals surface area contributed by atoms with Crippen molar-refractivity contribution < 1.29 is 24.2 Å². The number of carbonyl (C=O) groups is 2. The van der Waals surface area contributed by atoms with Crippen LogP contribution in [0.2, 0.25) is 0 Å². The first kappa shape index (κ1) is 18.7. The van der Waals surface area contributed by atoms with E-state index in [9.17, 15) is 9.59 Å². The van der Waals surface area contributed by atoms with Crippen LogP contribution in [0.4, 0.5) is 4.79 Å². The number of aliphatic carboxylic acids is 1. The molecule has 0 rings (SSSR count). The van der Waals surface area contributed by atoms with Crippen molar-refractivity contribution in [1.29, 1.82) is 0 Å². The fourth-order valence-corrected chi connectivity index (χ4v) is 1.45. The Hall–Kier alpha value is -1.34. The van der Waals surface area contributed by atoms with E-state index in [-0.39, 0.29) is 13.1 Å². The van der Waals surface area contributed by atoms with Gasteiger partial charge in [0, 0.05) is 33.4 Å². The predicted octanol–water partition coefficient (Wildman–Crippen LogP) is 0.936. The molecule has 2 amide bonds. The molecule has 0 saturated carbocycles. The van der Waals surface area contributed by atoms with Gasteiger partial charge in [0.1, 0.15) is 6.54 Å². The minimum atomic E-state index is -1.04. The topological polar surface area (TPSA) is 88.1 Å². The van der Waals surface area contributed by atoms with Gasteiger partial charge in [0.25, 0.3) is 0 Å². The van der Waals surface area contributed by atoms with Crippen molar-refractivity contribution >= 4 is 12.0 Å². The summed E-state index contributed by atoms with van der Waals surface area (Å²) in [6.07, 6.45) is 2.84. The number of amides is 2. The Morgan fingerprint density at radius 3 is 2.50 bits per heavy atom. The van der Waals surface area contributed by atoms with Gasteiger partial charge in [-0.25, -0.2) is 4.79 Å². The van der Waals surface area contributed by atoms with Crippen LogP contribution >= 0.6 is 0 Å². The van der Waals surface area contributed by atoms with Gasteiger partial charge in [-0.2, -0.15) is 0 Å². The van der Waals surface area contributed by atoms with E-state index in [0.717, 1.165) is 19.4 Å². The quantitative estimate of drug-likeness (QED) is 0.522. The number of nitrogens with one attached hydrogen (secondary N) is 1. The summed E-state index contributed by atoms with van der Waals surface area (Å²) in [5.74, 6) is -1.04. The molecule has 7 heteroatoms. The molecule has 20 heavy (non-hydrogen) atoms. The van der Waals surface area contributed by atoms with Crippen LogP contribution in [0.1, 0.15) is 26.2 Å². The van der Waals surface area contributed by atoms with Crippen LogP contribution in [0.5, 0.6) is 0 Å². The number of hydrogen-bond acceptors (Lipinski definition) is 4. The summed E-state index contributed by atoms with van der Waals surface area (Å²) in [6.45, 7) is 4.13. The lowest BCUT2D eigenvalue weighted by Gasteiger charge is -2.20. The zero-order chi connectivity index (χ0) is 15.2. The molecule has 0 aromatic carbocycles. The van der Waals surface area contributed by atoms with Gasteiger partial charge in [-0.3, -0.25) is 4.79 Å². The summed E-state index contributed by atoms with van der Waals surface area (Å²) in [6, 6.07) is -0.391. The van der Waals surface area contributed by atoms with E-state index in [1.165, 1.54) is 12.0 Å². The molecule has 0 saturated heterocycles. The van der Waals surface area contributed by atoms with Crippen LogP contribution in [0, 0.1) is 0 Å². The molecule has 0 radical (unpaired) electrons. The number of carboxylic acid groups (broad SMARTS) is 1. The average molecular weight is 290 g/mol. The molecule has 0 fully saturated rings. The van der Waals surface area contributed by atoms with Crippen molar-refractivity contribution in [2.24, 2.45) is 0 Å². The summed E-state index contributed by atoms with van der Waals surface area (Å²) in [5, 5.41) is 11.4. The summed E-state index contributed by atoms with van der Waals surface area (Å²) in [7, 11) is 1.50. The second-order valence-electron chi connectivity index (χ2n) is 4.36. The highest BCUT2D eigenvalue weighted by atomic mass is 16.5. The Kier molecular flexibility index (Phi) is 11.8. The molecule has 0 aliphatic rings.